The number of fused-ring (bicyclic) bond motifs is 1. The van der Waals surface area contributed by atoms with E-state index in [2.05, 4.69) is 21.3 Å². The maximum Gasteiger partial charge on any atom is 0.416 e. The monoisotopic (exact) mass is 1230 g/mol. The molecule has 2 saturated heterocycles. The van der Waals surface area contributed by atoms with E-state index in [0.717, 1.165) is 31.7 Å². The maximum atomic E-state index is 14.8. The van der Waals surface area contributed by atoms with Crippen LogP contribution in [0.1, 0.15) is 111 Å². The van der Waals surface area contributed by atoms with Gasteiger partial charge in [-0.1, -0.05) is 70.0 Å². The third-order valence-corrected chi connectivity index (χ3v) is 16.3. The minimum absolute atomic E-state index is 0.0188. The Bertz CT molecular complexity index is 2790. The van der Waals surface area contributed by atoms with E-state index in [1.807, 2.05) is 20.8 Å². The molecule has 2 aliphatic rings. The summed E-state index contributed by atoms with van der Waals surface area (Å²) in [6.07, 6.45) is -4.11. The van der Waals surface area contributed by atoms with E-state index in [1.54, 1.807) is 38.1 Å². The van der Waals surface area contributed by atoms with Crippen LogP contribution >= 0.6 is 11.6 Å². The highest BCUT2D eigenvalue weighted by molar-refractivity contribution is 6.30. The van der Waals surface area contributed by atoms with Crippen molar-refractivity contribution in [1.29, 1.82) is 0 Å². The Balaban J connectivity index is 1.77. The lowest BCUT2D eigenvalue weighted by molar-refractivity contribution is -0.148. The van der Waals surface area contributed by atoms with Crippen LogP contribution in [0.5, 0.6) is 0 Å². The number of rotatable bonds is 9. The zero-order chi connectivity index (χ0) is 64.9. The molecule has 11 amide bonds. The summed E-state index contributed by atoms with van der Waals surface area (Å²) in [6, 6.07) is 2.67. The third kappa shape index (κ3) is 19.3. The van der Waals surface area contributed by atoms with Crippen molar-refractivity contribution in [3.8, 4) is 0 Å². The summed E-state index contributed by atoms with van der Waals surface area (Å²) in [4.78, 5) is 164. The molecular formula is C60H87ClF3N11O11. The largest absolute Gasteiger partial charge is 0.416 e. The minimum Gasteiger partial charge on any atom is -0.351 e. The molecule has 4 rings (SSSR count). The SMILES string of the molecule is CC[C@H](C)[C@@H]1NC(=O)[C@H](C)N(C)C(=O)C[C@@H](C)NC(=O)[C@H](CC(C)C)N(C)C(=O)C(C)(C)NC(=O)C2CCCN2C(=O)[C@H](CCc2ccc(C(F)(F)F)cc2)NC(=O)CN(C)C(=O)[C@H](Cc2ccc(Cl)cc2)N(C)C(=O)CN(C)C(=O)CN(C)C1=O. The van der Waals surface area contributed by atoms with Crippen LogP contribution in [0.15, 0.2) is 48.5 Å². The number of hydrogen-bond acceptors (Lipinski definition) is 11. The van der Waals surface area contributed by atoms with Gasteiger partial charge in [-0.3, -0.25) is 52.7 Å². The molecule has 0 bridgehead atoms. The lowest BCUT2D eigenvalue weighted by Crippen LogP contribution is -2.62. The molecule has 8 atom stereocenters. The summed E-state index contributed by atoms with van der Waals surface area (Å²) in [5.74, 6) is -8.12. The quantitative estimate of drug-likeness (QED) is 0.283. The number of carbonyl (C=O) groups is 11. The highest BCUT2D eigenvalue weighted by Crippen LogP contribution is 2.30. The number of nitrogens with zero attached hydrogens (tertiary/aromatic N) is 7. The van der Waals surface area contributed by atoms with Gasteiger partial charge in [-0.25, -0.2) is 0 Å². The van der Waals surface area contributed by atoms with Crippen LogP contribution in [0.3, 0.4) is 0 Å². The van der Waals surface area contributed by atoms with Crippen LogP contribution < -0.4 is 21.3 Å². The molecule has 1 unspecified atom stereocenters. The Hall–Kier alpha value is -7.31. The standard InChI is InChI=1S/C60H87ClF3N11O11/c1-15-36(4)51-57(85)71(11)33-49(78)69(9)34-50(79)73(13)46(31-40-20-25-42(61)26-21-40)56(84)70(10)32-47(76)66-43(27-22-39-18-23-41(24-19-39)60(62,63)64)55(83)75-28-16-17-44(75)54(82)68-59(7,8)58(86)74(14)45(29-35(2)3)53(81)65-37(5)30-48(77)72(12)38(6)52(80)67-51/h18-21,23-26,35-38,43-46,51H,15-17,22,27-34H2,1-14H3,(H,65,81)(H,66,76)(H,67,80)(H,68,82)/t36-,37+,38-,43-,44?,45-,46-,51-/m0/s1. The van der Waals surface area contributed by atoms with Crippen LogP contribution in [0.4, 0.5) is 13.2 Å². The van der Waals surface area contributed by atoms with E-state index < -0.39 is 150 Å². The first-order valence-corrected chi connectivity index (χ1v) is 29.3. The Labute approximate surface area is 507 Å². The molecule has 4 N–H and O–H groups in total. The summed E-state index contributed by atoms with van der Waals surface area (Å²) in [7, 11) is 8.15. The summed E-state index contributed by atoms with van der Waals surface area (Å²) < 4.78 is 40.6. The molecule has 86 heavy (non-hydrogen) atoms. The van der Waals surface area contributed by atoms with Gasteiger partial charge in [0, 0.05) is 72.7 Å². The minimum atomic E-state index is -4.62. The van der Waals surface area contributed by atoms with Crippen LogP contribution in [0.25, 0.3) is 0 Å². The van der Waals surface area contributed by atoms with Crippen LogP contribution in [-0.2, 0) is 71.8 Å². The molecule has 476 valence electrons. The van der Waals surface area contributed by atoms with Gasteiger partial charge in [0.15, 0.2) is 0 Å². The maximum absolute atomic E-state index is 14.8. The van der Waals surface area contributed by atoms with Crippen LogP contribution in [0.2, 0.25) is 5.02 Å². The molecule has 2 heterocycles. The summed E-state index contributed by atoms with van der Waals surface area (Å²) >= 11 is 6.18. The molecule has 2 aromatic carbocycles. The Morgan fingerprint density at radius 2 is 1.23 bits per heavy atom. The molecule has 2 aliphatic heterocycles. The van der Waals surface area contributed by atoms with E-state index in [4.69, 9.17) is 11.6 Å². The average Bonchev–Trinajstić information content (AvgIpc) is 1.94. The second-order valence-electron chi connectivity index (χ2n) is 23.9. The van der Waals surface area contributed by atoms with Crippen LogP contribution in [0, 0.1) is 11.8 Å². The van der Waals surface area contributed by atoms with Crippen molar-refractivity contribution >= 4 is 76.6 Å². The van der Waals surface area contributed by atoms with E-state index in [9.17, 15) is 65.9 Å². The molecule has 22 nitrogen and oxygen atoms in total. The normalized spacial score (nSPS) is 24.8. The first kappa shape index (κ1) is 71.2. The van der Waals surface area contributed by atoms with Gasteiger partial charge in [0.05, 0.1) is 25.2 Å². The van der Waals surface area contributed by atoms with Gasteiger partial charge >= 0.3 is 6.18 Å². The molecule has 0 spiro atoms. The van der Waals surface area contributed by atoms with Gasteiger partial charge in [0.2, 0.25) is 65.0 Å². The Morgan fingerprint density at radius 3 is 1.81 bits per heavy atom. The topological polar surface area (TPSA) is 259 Å². The van der Waals surface area contributed by atoms with Crippen molar-refractivity contribution in [1.82, 2.24) is 55.6 Å². The zero-order valence-electron chi connectivity index (χ0n) is 51.9. The van der Waals surface area contributed by atoms with Gasteiger partial charge in [-0.05, 0) is 107 Å². The van der Waals surface area contributed by atoms with Gasteiger partial charge in [-0.15, -0.1) is 0 Å². The number of benzene rings is 2. The first-order valence-electron chi connectivity index (χ1n) is 28.9. The number of hydrogen-bond donors (Lipinski definition) is 4. The predicted octanol–water partition coefficient (Wildman–Crippen LogP) is 3.27. The fourth-order valence-electron chi connectivity index (χ4n) is 10.2. The van der Waals surface area contributed by atoms with Gasteiger partial charge in [-0.2, -0.15) is 13.2 Å². The number of carbonyl (C=O) groups excluding carboxylic acids is 11. The van der Waals surface area contributed by atoms with E-state index in [0.29, 0.717) is 29.0 Å². The first-order chi connectivity index (χ1) is 40.0. The number of likely N-dealkylation sites (N-methyl/N-ethyl adjacent to an activating group) is 6. The molecule has 0 aromatic heterocycles. The fraction of sp³-hybridized carbons (Fsp3) is 0.617. The van der Waals surface area contributed by atoms with Crippen molar-refractivity contribution in [3.63, 3.8) is 0 Å². The second-order valence-corrected chi connectivity index (χ2v) is 24.3. The molecule has 0 radical (unpaired) electrons. The van der Waals surface area contributed by atoms with E-state index in [1.165, 1.54) is 89.9 Å². The smallest absolute Gasteiger partial charge is 0.351 e. The molecule has 0 saturated carbocycles. The number of halogens is 4. The van der Waals surface area contributed by atoms with Gasteiger partial charge in [0.1, 0.15) is 41.8 Å². The summed E-state index contributed by atoms with van der Waals surface area (Å²) in [5.41, 5.74) is -1.63. The summed E-state index contributed by atoms with van der Waals surface area (Å²) in [5, 5.41) is 11.4. The van der Waals surface area contributed by atoms with Crippen molar-refractivity contribution in [2.24, 2.45) is 11.8 Å². The molecule has 0 aliphatic carbocycles. The van der Waals surface area contributed by atoms with Gasteiger partial charge in [0.25, 0.3) is 0 Å². The lowest BCUT2D eigenvalue weighted by atomic mass is 9.97. The molecule has 2 aromatic rings. The van der Waals surface area contributed by atoms with Gasteiger partial charge < -0.3 is 55.6 Å². The zero-order valence-corrected chi connectivity index (χ0v) is 52.7. The predicted molar refractivity (Wildman–Crippen MR) is 315 cm³/mol. The van der Waals surface area contributed by atoms with Crippen molar-refractivity contribution in [3.05, 3.63) is 70.2 Å². The Kier molecular flexibility index (Phi) is 25.5. The highest BCUT2D eigenvalue weighted by Gasteiger charge is 2.44. The lowest BCUT2D eigenvalue weighted by Gasteiger charge is -2.37. The van der Waals surface area contributed by atoms with Crippen molar-refractivity contribution in [2.75, 3.05) is 68.5 Å². The fourth-order valence-corrected chi connectivity index (χ4v) is 10.4. The van der Waals surface area contributed by atoms with Crippen molar-refractivity contribution in [2.45, 2.75) is 161 Å². The summed E-state index contributed by atoms with van der Waals surface area (Å²) in [6.45, 7) is 11.4. The van der Waals surface area contributed by atoms with E-state index in [-0.39, 0.29) is 51.0 Å². The number of alkyl halides is 3. The molecule has 26 heteroatoms. The van der Waals surface area contributed by atoms with Crippen molar-refractivity contribution < 1.29 is 65.9 Å². The average molecular weight is 1230 g/mol. The Morgan fingerprint density at radius 1 is 0.651 bits per heavy atom. The molecule has 2 fully saturated rings. The highest BCUT2D eigenvalue weighted by atomic mass is 35.5. The number of nitrogens with one attached hydrogen (secondary N) is 4. The van der Waals surface area contributed by atoms with E-state index >= 15 is 0 Å². The number of aryl methyl sites for hydroxylation is 1. The molecular weight excluding hydrogens is 1140 g/mol. The van der Waals surface area contributed by atoms with Crippen LogP contribution in [-0.4, -0.2) is 216 Å². The third-order valence-electron chi connectivity index (χ3n) is 16.0. The number of amides is 11. The second kappa shape index (κ2) is 30.9.